The summed E-state index contributed by atoms with van der Waals surface area (Å²) < 4.78 is 1.27. The highest BCUT2D eigenvalue weighted by atomic mass is 16.3. The van der Waals surface area contributed by atoms with Gasteiger partial charge in [-0.3, -0.25) is 19.1 Å². The third-order valence-electron chi connectivity index (χ3n) is 4.55. The zero-order chi connectivity index (χ0) is 22.3. The van der Waals surface area contributed by atoms with E-state index in [0.717, 1.165) is 11.1 Å². The molecule has 0 saturated carbocycles. The van der Waals surface area contributed by atoms with Crippen molar-refractivity contribution in [2.45, 2.75) is 13.0 Å². The molecule has 1 aromatic carbocycles. The van der Waals surface area contributed by atoms with Gasteiger partial charge in [-0.1, -0.05) is 66.8 Å². The lowest BCUT2D eigenvalue weighted by atomic mass is 10.0. The van der Waals surface area contributed by atoms with Crippen molar-refractivity contribution >= 4 is 5.91 Å². The third kappa shape index (κ3) is 5.33. The number of benzene rings is 1. The van der Waals surface area contributed by atoms with Gasteiger partial charge >= 0.3 is 0 Å². The first kappa shape index (κ1) is 22.8. The van der Waals surface area contributed by atoms with Gasteiger partial charge in [0.2, 0.25) is 5.75 Å². The van der Waals surface area contributed by atoms with Crippen molar-refractivity contribution in [2.75, 3.05) is 20.6 Å². The fraction of sp³-hybridized carbons (Fsp3) is 0.261. The maximum atomic E-state index is 12.7. The van der Waals surface area contributed by atoms with E-state index in [1.807, 2.05) is 68.4 Å². The van der Waals surface area contributed by atoms with Gasteiger partial charge in [0.15, 0.2) is 5.69 Å². The van der Waals surface area contributed by atoms with Gasteiger partial charge in [0.25, 0.3) is 11.5 Å². The molecule has 2 aromatic rings. The molecule has 0 saturated heterocycles. The van der Waals surface area contributed by atoms with E-state index in [2.05, 4.69) is 16.9 Å². The van der Waals surface area contributed by atoms with Crippen molar-refractivity contribution in [3.63, 3.8) is 0 Å². The van der Waals surface area contributed by atoms with Crippen LogP contribution >= 0.6 is 0 Å². The van der Waals surface area contributed by atoms with Crippen LogP contribution in [-0.2, 0) is 7.05 Å². The van der Waals surface area contributed by atoms with E-state index in [0.29, 0.717) is 5.82 Å². The minimum absolute atomic E-state index is 0.252. The van der Waals surface area contributed by atoms with Crippen LogP contribution in [-0.4, -0.2) is 46.1 Å². The Bertz CT molecular complexity index is 1020. The molecule has 7 nitrogen and oxygen atoms in total. The van der Waals surface area contributed by atoms with E-state index >= 15 is 0 Å². The Labute approximate surface area is 176 Å². The van der Waals surface area contributed by atoms with Crippen LogP contribution in [0.25, 0.3) is 0 Å². The molecule has 1 unspecified atom stereocenters. The highest BCUT2D eigenvalue weighted by Gasteiger charge is 2.26. The number of carbonyl (C=O) groups excluding carboxylic acids is 1. The second-order valence-electron chi connectivity index (χ2n) is 7.12. The number of hydrogen-bond donors (Lipinski definition) is 2. The summed E-state index contributed by atoms with van der Waals surface area (Å²) in [7, 11) is 5.26. The number of nitrogens with zero attached hydrogens (tertiary/aromatic N) is 3. The molecule has 1 atom stereocenters. The molecule has 0 aliphatic heterocycles. The maximum Gasteiger partial charge on any atom is 0.296 e. The molecular formula is C23H28N4O3. The molecule has 0 spiro atoms. The fourth-order valence-corrected chi connectivity index (χ4v) is 2.98. The summed E-state index contributed by atoms with van der Waals surface area (Å²) in [4.78, 5) is 31.6. The summed E-state index contributed by atoms with van der Waals surface area (Å²) in [6.45, 7) is 5.70. The van der Waals surface area contributed by atoms with Gasteiger partial charge in [-0.25, -0.2) is 4.98 Å². The monoisotopic (exact) mass is 408 g/mol. The fourth-order valence-electron chi connectivity index (χ4n) is 2.98. The van der Waals surface area contributed by atoms with Crippen LogP contribution in [0.15, 0.2) is 71.6 Å². The van der Waals surface area contributed by atoms with Crippen molar-refractivity contribution in [2.24, 2.45) is 7.05 Å². The van der Waals surface area contributed by atoms with Crippen LogP contribution in [0.3, 0.4) is 0 Å². The summed E-state index contributed by atoms with van der Waals surface area (Å²) in [6, 6.07) is 9.17. The van der Waals surface area contributed by atoms with Gasteiger partial charge in [0.05, 0.1) is 6.04 Å². The Kier molecular flexibility index (Phi) is 7.89. The summed E-state index contributed by atoms with van der Waals surface area (Å²) in [5, 5.41) is 13.0. The Hall–Kier alpha value is -3.45. The van der Waals surface area contributed by atoms with Crippen molar-refractivity contribution in [3.05, 3.63) is 94.2 Å². The summed E-state index contributed by atoms with van der Waals surface area (Å²) in [6.07, 6.45) is 7.07. The number of amides is 1. The van der Waals surface area contributed by atoms with E-state index in [1.165, 1.54) is 11.6 Å². The zero-order valence-corrected chi connectivity index (χ0v) is 17.8. The Morgan fingerprint density at radius 2 is 1.97 bits per heavy atom. The minimum atomic E-state index is -0.672. The average molecular weight is 409 g/mol. The van der Waals surface area contributed by atoms with E-state index in [1.54, 1.807) is 12.2 Å². The van der Waals surface area contributed by atoms with Crippen molar-refractivity contribution in [1.29, 1.82) is 0 Å². The molecular weight excluding hydrogens is 380 g/mol. The van der Waals surface area contributed by atoms with E-state index < -0.39 is 17.2 Å². The molecule has 7 heteroatoms. The number of aromatic nitrogens is 2. The van der Waals surface area contributed by atoms with Crippen molar-refractivity contribution in [3.8, 4) is 5.75 Å². The lowest BCUT2D eigenvalue weighted by molar-refractivity contribution is 0.0947. The van der Waals surface area contributed by atoms with Crippen LogP contribution in [0, 0.1) is 0 Å². The van der Waals surface area contributed by atoms with Crippen LogP contribution in [0.4, 0.5) is 0 Å². The van der Waals surface area contributed by atoms with E-state index in [4.69, 9.17) is 0 Å². The quantitative estimate of drug-likeness (QED) is 0.656. The predicted octanol–water partition coefficient (Wildman–Crippen LogP) is 2.56. The van der Waals surface area contributed by atoms with Crippen molar-refractivity contribution < 1.29 is 9.90 Å². The number of rotatable bonds is 8. The molecule has 2 N–H and O–H groups in total. The number of hydrogen-bond acceptors (Lipinski definition) is 5. The second-order valence-corrected chi connectivity index (χ2v) is 7.12. The third-order valence-corrected chi connectivity index (χ3v) is 4.55. The lowest BCUT2D eigenvalue weighted by Gasteiger charge is -2.26. The highest BCUT2D eigenvalue weighted by molar-refractivity contribution is 5.94. The van der Waals surface area contributed by atoms with Crippen LogP contribution in [0.1, 0.15) is 34.8 Å². The number of allylic oxidation sites excluding steroid dienone is 4. The van der Waals surface area contributed by atoms with Gasteiger partial charge in [0.1, 0.15) is 5.82 Å². The average Bonchev–Trinajstić information content (AvgIpc) is 2.73. The minimum Gasteiger partial charge on any atom is -0.501 e. The summed E-state index contributed by atoms with van der Waals surface area (Å²) >= 11 is 0. The number of nitrogens with one attached hydrogen (secondary N) is 1. The molecule has 1 amide bonds. The van der Waals surface area contributed by atoms with Gasteiger partial charge < -0.3 is 10.4 Å². The summed E-state index contributed by atoms with van der Waals surface area (Å²) in [5.41, 5.74) is 0.842. The van der Waals surface area contributed by atoms with Crippen LogP contribution in [0.5, 0.6) is 5.75 Å². The van der Waals surface area contributed by atoms with Gasteiger partial charge in [-0.15, -0.1) is 0 Å². The first-order valence-electron chi connectivity index (χ1n) is 9.52. The maximum absolute atomic E-state index is 12.7. The molecule has 0 aliphatic carbocycles. The molecule has 2 rings (SSSR count). The van der Waals surface area contributed by atoms with Gasteiger partial charge in [0, 0.05) is 13.6 Å². The molecule has 0 aliphatic rings. The summed E-state index contributed by atoms with van der Waals surface area (Å²) in [5.74, 6) is -0.921. The smallest absolute Gasteiger partial charge is 0.296 e. The standard InChI is InChI=1S/C23H28N4O3/c1-6-7-9-12-16(2)15-24-22(29)18-20(28)23(30)27(5)21(25-18)19(26(3)4)17-13-10-8-11-14-17/h6-14,19,28H,1,15H2,2-5H3,(H,24,29)/b9-7-,16-12+. The van der Waals surface area contributed by atoms with Crippen LogP contribution < -0.4 is 10.9 Å². The molecule has 1 heterocycles. The molecule has 0 radical (unpaired) electrons. The molecule has 0 bridgehead atoms. The van der Waals surface area contributed by atoms with Gasteiger partial charge in [-0.05, 0) is 26.6 Å². The number of aromatic hydroxyl groups is 1. The zero-order valence-electron chi connectivity index (χ0n) is 17.8. The van der Waals surface area contributed by atoms with Crippen LogP contribution in [0.2, 0.25) is 0 Å². The normalized spacial score (nSPS) is 12.9. The highest BCUT2D eigenvalue weighted by Crippen LogP contribution is 2.25. The Morgan fingerprint density at radius 3 is 2.57 bits per heavy atom. The number of carbonyl (C=O) groups is 1. The first-order valence-corrected chi connectivity index (χ1v) is 9.52. The molecule has 0 fully saturated rings. The first-order chi connectivity index (χ1) is 14.3. The Morgan fingerprint density at radius 1 is 1.30 bits per heavy atom. The van der Waals surface area contributed by atoms with E-state index in [9.17, 15) is 14.7 Å². The molecule has 30 heavy (non-hydrogen) atoms. The SMILES string of the molecule is C=C/C=C\C=C(/C)CNC(=O)c1nc(C(c2ccccc2)N(C)C)n(C)c(=O)c1O. The second kappa shape index (κ2) is 10.4. The molecule has 158 valence electrons. The molecule has 1 aromatic heterocycles. The Balaban J connectivity index is 2.43. The van der Waals surface area contributed by atoms with Crippen molar-refractivity contribution in [1.82, 2.24) is 19.8 Å². The van der Waals surface area contributed by atoms with E-state index in [-0.39, 0.29) is 18.3 Å². The predicted molar refractivity (Wildman–Crippen MR) is 119 cm³/mol. The largest absolute Gasteiger partial charge is 0.501 e. The lowest BCUT2D eigenvalue weighted by Crippen LogP contribution is -2.34. The van der Waals surface area contributed by atoms with Gasteiger partial charge in [-0.2, -0.15) is 0 Å². The topological polar surface area (TPSA) is 87.5 Å².